The summed E-state index contributed by atoms with van der Waals surface area (Å²) < 4.78 is 0. The lowest BCUT2D eigenvalue weighted by Gasteiger charge is -2.04. The van der Waals surface area contributed by atoms with E-state index >= 15 is 0 Å². The first-order valence-corrected chi connectivity index (χ1v) is 6.99. The van der Waals surface area contributed by atoms with Crippen molar-refractivity contribution in [3.63, 3.8) is 0 Å². The van der Waals surface area contributed by atoms with Crippen LogP contribution in [0.1, 0.15) is 34.8 Å². The molecule has 1 unspecified atom stereocenters. The van der Waals surface area contributed by atoms with Crippen molar-refractivity contribution in [3.8, 4) is 0 Å². The first-order valence-electron chi connectivity index (χ1n) is 6.17. The van der Waals surface area contributed by atoms with Crippen LogP contribution in [-0.4, -0.2) is 23.5 Å². The number of thiophene rings is 1. The molecule has 1 amide bonds. The molecule has 0 radical (unpaired) electrons. The highest BCUT2D eigenvalue weighted by molar-refractivity contribution is 7.14. The Kier molecular flexibility index (Phi) is 3.75. The highest BCUT2D eigenvalue weighted by Crippen LogP contribution is 2.50. The number of carbonyl (C=O) groups is 2. The minimum atomic E-state index is -0.990. The van der Waals surface area contributed by atoms with Crippen LogP contribution in [0, 0.1) is 11.3 Å². The predicted octanol–water partition coefficient (Wildman–Crippen LogP) is 2.62. The molecule has 1 aliphatic rings. The maximum absolute atomic E-state index is 11.9. The lowest BCUT2D eigenvalue weighted by atomic mass is 10.1. The predicted molar refractivity (Wildman–Crippen MR) is 75.2 cm³/mol. The Hall–Kier alpha value is -1.62. The van der Waals surface area contributed by atoms with E-state index < -0.39 is 5.97 Å². The van der Waals surface area contributed by atoms with E-state index in [1.165, 1.54) is 17.4 Å². The summed E-state index contributed by atoms with van der Waals surface area (Å²) in [5.41, 5.74) is 0.359. The lowest BCUT2D eigenvalue weighted by Crippen LogP contribution is -2.25. The smallest absolute Gasteiger partial charge is 0.328 e. The van der Waals surface area contributed by atoms with Gasteiger partial charge in [-0.05, 0) is 36.0 Å². The van der Waals surface area contributed by atoms with Crippen molar-refractivity contribution >= 4 is 29.3 Å². The van der Waals surface area contributed by atoms with Crippen LogP contribution >= 0.6 is 11.3 Å². The number of carboxylic acid groups (broad SMARTS) is 1. The summed E-state index contributed by atoms with van der Waals surface area (Å²) in [5, 5.41) is 11.5. The van der Waals surface area contributed by atoms with Crippen molar-refractivity contribution in [2.24, 2.45) is 11.3 Å². The molecule has 4 nitrogen and oxygen atoms in total. The van der Waals surface area contributed by atoms with Gasteiger partial charge < -0.3 is 10.4 Å². The molecule has 1 saturated carbocycles. The number of amides is 1. The van der Waals surface area contributed by atoms with Crippen LogP contribution in [-0.2, 0) is 4.79 Å². The minimum absolute atomic E-state index is 0.0809. The van der Waals surface area contributed by atoms with Crippen molar-refractivity contribution in [2.75, 3.05) is 6.54 Å². The Morgan fingerprint density at radius 1 is 1.53 bits per heavy atom. The van der Waals surface area contributed by atoms with Gasteiger partial charge in [-0.3, -0.25) is 4.79 Å². The van der Waals surface area contributed by atoms with E-state index in [1.807, 2.05) is 0 Å². The van der Waals surface area contributed by atoms with Gasteiger partial charge in [-0.1, -0.05) is 13.8 Å². The van der Waals surface area contributed by atoms with Crippen LogP contribution in [0.25, 0.3) is 6.08 Å². The Bertz CT molecular complexity index is 531. The molecule has 2 rings (SSSR count). The number of hydrogen-bond donors (Lipinski definition) is 2. The van der Waals surface area contributed by atoms with Gasteiger partial charge in [0.2, 0.25) is 0 Å². The zero-order valence-corrected chi connectivity index (χ0v) is 11.8. The summed E-state index contributed by atoms with van der Waals surface area (Å²) in [6.07, 6.45) is 3.72. The third kappa shape index (κ3) is 3.67. The van der Waals surface area contributed by atoms with Gasteiger partial charge in [0.05, 0.1) is 4.88 Å². The number of hydrogen-bond acceptors (Lipinski definition) is 3. The van der Waals surface area contributed by atoms with Gasteiger partial charge >= 0.3 is 5.97 Å². The van der Waals surface area contributed by atoms with Crippen molar-refractivity contribution in [1.29, 1.82) is 0 Å². The molecule has 5 heteroatoms. The SMILES string of the molecule is CC1(C)CC1CNC(=O)c1ccc(/C=C/C(=O)O)s1. The first kappa shape index (κ1) is 13.8. The molecule has 0 bridgehead atoms. The normalized spacial score (nSPS) is 20.4. The first-order chi connectivity index (χ1) is 8.88. The third-order valence-electron chi connectivity index (χ3n) is 3.47. The van der Waals surface area contributed by atoms with Crippen LogP contribution in [0.2, 0.25) is 0 Å². The molecule has 1 aromatic heterocycles. The van der Waals surface area contributed by atoms with Crippen molar-refractivity contribution in [3.05, 3.63) is 28.0 Å². The molecule has 2 N–H and O–H groups in total. The van der Waals surface area contributed by atoms with Crippen molar-refractivity contribution in [1.82, 2.24) is 5.32 Å². The van der Waals surface area contributed by atoms with Crippen LogP contribution in [0.3, 0.4) is 0 Å². The summed E-state index contributed by atoms with van der Waals surface area (Å²) in [5.74, 6) is -0.499. The molecule has 1 aliphatic carbocycles. The van der Waals surface area contributed by atoms with Crippen LogP contribution < -0.4 is 5.32 Å². The van der Waals surface area contributed by atoms with E-state index in [9.17, 15) is 9.59 Å². The zero-order chi connectivity index (χ0) is 14.0. The van der Waals surface area contributed by atoms with Crippen molar-refractivity contribution in [2.45, 2.75) is 20.3 Å². The summed E-state index contributed by atoms with van der Waals surface area (Å²) in [6.45, 7) is 5.11. The largest absolute Gasteiger partial charge is 0.478 e. The molecule has 1 fully saturated rings. The molecular weight excluding hydrogens is 262 g/mol. The average molecular weight is 279 g/mol. The standard InChI is InChI=1S/C14H17NO3S/c1-14(2)7-9(14)8-15-13(18)11-5-3-10(19-11)4-6-12(16)17/h3-6,9H,7-8H2,1-2H3,(H,15,18)(H,16,17)/b6-4+. The minimum Gasteiger partial charge on any atom is -0.478 e. The van der Waals surface area contributed by atoms with Gasteiger partial charge in [0.25, 0.3) is 5.91 Å². The van der Waals surface area contributed by atoms with E-state index in [1.54, 1.807) is 12.1 Å². The molecule has 0 spiro atoms. The van der Waals surface area contributed by atoms with Crippen LogP contribution in [0.4, 0.5) is 0 Å². The molecule has 19 heavy (non-hydrogen) atoms. The Balaban J connectivity index is 1.87. The van der Waals surface area contributed by atoms with E-state index in [4.69, 9.17) is 5.11 Å². The van der Waals surface area contributed by atoms with Gasteiger partial charge in [-0.25, -0.2) is 4.79 Å². The fraction of sp³-hybridized carbons (Fsp3) is 0.429. The van der Waals surface area contributed by atoms with Crippen LogP contribution in [0.5, 0.6) is 0 Å². The Labute approximate surface area is 116 Å². The summed E-state index contributed by atoms with van der Waals surface area (Å²) in [4.78, 5) is 23.7. The summed E-state index contributed by atoms with van der Waals surface area (Å²) in [6, 6.07) is 3.47. The fourth-order valence-corrected chi connectivity index (χ4v) is 2.77. The molecule has 0 aliphatic heterocycles. The van der Waals surface area contributed by atoms with Gasteiger partial charge in [0, 0.05) is 17.5 Å². The number of rotatable bonds is 5. The van der Waals surface area contributed by atoms with E-state index in [-0.39, 0.29) is 5.91 Å². The molecule has 0 saturated heterocycles. The van der Waals surface area contributed by atoms with E-state index in [0.29, 0.717) is 22.8 Å². The molecular formula is C14H17NO3S. The lowest BCUT2D eigenvalue weighted by molar-refractivity contribution is -0.131. The topological polar surface area (TPSA) is 66.4 Å². The maximum atomic E-state index is 11.9. The Morgan fingerprint density at radius 3 is 2.79 bits per heavy atom. The fourth-order valence-electron chi connectivity index (χ4n) is 1.95. The second kappa shape index (κ2) is 5.17. The van der Waals surface area contributed by atoms with Crippen molar-refractivity contribution < 1.29 is 14.7 Å². The molecule has 102 valence electrons. The van der Waals surface area contributed by atoms with Crippen LogP contribution in [0.15, 0.2) is 18.2 Å². The zero-order valence-electron chi connectivity index (χ0n) is 11.0. The van der Waals surface area contributed by atoms with Gasteiger partial charge in [-0.2, -0.15) is 0 Å². The number of nitrogens with one attached hydrogen (secondary N) is 1. The van der Waals surface area contributed by atoms with E-state index in [0.717, 1.165) is 17.4 Å². The monoisotopic (exact) mass is 279 g/mol. The maximum Gasteiger partial charge on any atom is 0.328 e. The highest BCUT2D eigenvalue weighted by atomic mass is 32.1. The quantitative estimate of drug-likeness (QED) is 0.814. The third-order valence-corrected chi connectivity index (χ3v) is 4.52. The highest BCUT2D eigenvalue weighted by Gasteiger charge is 2.45. The van der Waals surface area contributed by atoms with E-state index in [2.05, 4.69) is 19.2 Å². The average Bonchev–Trinajstić information content (AvgIpc) is 2.77. The molecule has 1 heterocycles. The second-order valence-electron chi connectivity index (χ2n) is 5.47. The summed E-state index contributed by atoms with van der Waals surface area (Å²) in [7, 11) is 0. The van der Waals surface area contributed by atoms with Gasteiger partial charge in [0.1, 0.15) is 0 Å². The molecule has 1 aromatic rings. The molecule has 1 atom stereocenters. The molecule has 0 aromatic carbocycles. The Morgan fingerprint density at radius 2 is 2.21 bits per heavy atom. The van der Waals surface area contributed by atoms with Gasteiger partial charge in [-0.15, -0.1) is 11.3 Å². The number of carboxylic acids is 1. The van der Waals surface area contributed by atoms with Gasteiger partial charge in [0.15, 0.2) is 0 Å². The summed E-state index contributed by atoms with van der Waals surface area (Å²) >= 11 is 1.29. The number of aliphatic carboxylic acids is 1. The second-order valence-corrected chi connectivity index (χ2v) is 6.59. The number of carbonyl (C=O) groups excluding carboxylic acids is 1.